The maximum atomic E-state index is 11.3. The van der Waals surface area contributed by atoms with Gasteiger partial charge >= 0.3 is 5.97 Å². The van der Waals surface area contributed by atoms with Crippen LogP contribution in [0, 0.1) is 5.41 Å². The van der Waals surface area contributed by atoms with E-state index in [0.29, 0.717) is 58.9 Å². The molecule has 0 aliphatic carbocycles. The second kappa shape index (κ2) is 21.4. The minimum Gasteiger partial charge on any atom is -0.463 e. The van der Waals surface area contributed by atoms with Crippen LogP contribution in [-0.4, -0.2) is 70.6 Å². The minimum absolute atomic E-state index is 0.00441. The van der Waals surface area contributed by atoms with E-state index in [1.165, 1.54) is 6.08 Å². The molecular weight excluding hydrogens is 452 g/mol. The fourth-order valence-corrected chi connectivity index (χ4v) is 2.92. The van der Waals surface area contributed by atoms with Crippen molar-refractivity contribution in [1.82, 2.24) is 0 Å². The molecule has 0 spiro atoms. The summed E-state index contributed by atoms with van der Waals surface area (Å²) in [6, 6.07) is 0. The summed E-state index contributed by atoms with van der Waals surface area (Å²) in [4.78, 5) is 22.5. The van der Waals surface area contributed by atoms with Crippen LogP contribution in [0.25, 0.3) is 0 Å². The molecule has 0 fully saturated rings. The molecule has 0 heterocycles. The third-order valence-electron chi connectivity index (χ3n) is 5.40. The van der Waals surface area contributed by atoms with Gasteiger partial charge in [-0.25, -0.2) is 4.79 Å². The Hall–Kier alpha value is -1.84. The fraction of sp³-hybridized carbons (Fsp3) is 0.704. The van der Waals surface area contributed by atoms with Gasteiger partial charge < -0.3 is 28.4 Å². The summed E-state index contributed by atoms with van der Waals surface area (Å²) in [5, 5.41) is 0. The lowest BCUT2D eigenvalue weighted by Crippen LogP contribution is -2.39. The van der Waals surface area contributed by atoms with Crippen LogP contribution in [0.3, 0.4) is 0 Å². The highest BCUT2D eigenvalue weighted by molar-refractivity contribution is 5.88. The monoisotopic (exact) mass is 498 g/mol. The van der Waals surface area contributed by atoms with E-state index < -0.39 is 12.3 Å². The van der Waals surface area contributed by atoms with Crippen LogP contribution < -0.4 is 0 Å². The summed E-state index contributed by atoms with van der Waals surface area (Å²) < 4.78 is 34.1. The molecule has 0 saturated heterocycles. The second-order valence-corrected chi connectivity index (χ2v) is 8.46. The Morgan fingerprint density at radius 2 is 1.63 bits per heavy atom. The molecule has 3 unspecified atom stereocenters. The molecule has 0 aromatic heterocycles. The molecule has 0 aliphatic rings. The van der Waals surface area contributed by atoms with Crippen molar-refractivity contribution in [2.75, 3.05) is 46.4 Å². The molecule has 3 atom stereocenters. The highest BCUT2D eigenvalue weighted by atomic mass is 16.7. The van der Waals surface area contributed by atoms with Gasteiger partial charge in [-0.2, -0.15) is 0 Å². The van der Waals surface area contributed by atoms with Gasteiger partial charge in [0.2, 0.25) is 0 Å². The summed E-state index contributed by atoms with van der Waals surface area (Å²) >= 11 is 0. The van der Waals surface area contributed by atoms with Gasteiger partial charge in [0.15, 0.2) is 12.1 Å². The molecule has 8 nitrogen and oxygen atoms in total. The molecule has 0 N–H and O–H groups in total. The average molecular weight is 499 g/mol. The molecule has 0 radical (unpaired) electrons. The number of rotatable bonds is 25. The van der Waals surface area contributed by atoms with E-state index in [1.807, 2.05) is 13.8 Å². The highest BCUT2D eigenvalue weighted by Crippen LogP contribution is 2.26. The van der Waals surface area contributed by atoms with E-state index in [1.54, 1.807) is 6.08 Å². The van der Waals surface area contributed by atoms with Crippen molar-refractivity contribution in [1.29, 1.82) is 0 Å². The zero-order valence-electron chi connectivity index (χ0n) is 22.0. The molecular formula is C27H46O8. The minimum atomic E-state index is -0.430. The average Bonchev–Trinajstić information content (AvgIpc) is 2.87. The summed E-state index contributed by atoms with van der Waals surface area (Å²) in [7, 11) is 0. The van der Waals surface area contributed by atoms with Gasteiger partial charge in [0.1, 0.15) is 6.79 Å². The van der Waals surface area contributed by atoms with Crippen molar-refractivity contribution in [3.05, 3.63) is 38.0 Å². The number of ether oxygens (including phenoxy) is 6. The van der Waals surface area contributed by atoms with E-state index in [2.05, 4.69) is 26.7 Å². The van der Waals surface area contributed by atoms with Gasteiger partial charge in [0.05, 0.1) is 45.7 Å². The topological polar surface area (TPSA) is 89.5 Å². The Morgan fingerprint density at radius 3 is 2.29 bits per heavy atom. The molecule has 35 heavy (non-hydrogen) atoms. The first-order valence-electron chi connectivity index (χ1n) is 12.4. The molecule has 0 aromatic carbocycles. The molecule has 0 amide bonds. The Morgan fingerprint density at radius 1 is 0.886 bits per heavy atom. The number of carbonyl (C=O) groups is 2. The number of allylic oxidation sites excluding steroid dienone is 1. The largest absolute Gasteiger partial charge is 0.463 e. The Balaban J connectivity index is 4.68. The van der Waals surface area contributed by atoms with Crippen LogP contribution >= 0.6 is 0 Å². The van der Waals surface area contributed by atoms with E-state index >= 15 is 0 Å². The molecule has 0 saturated carbocycles. The first-order chi connectivity index (χ1) is 16.8. The lowest BCUT2D eigenvalue weighted by atomic mass is 9.88. The van der Waals surface area contributed by atoms with Gasteiger partial charge in [-0.3, -0.25) is 4.79 Å². The zero-order chi connectivity index (χ0) is 26.4. The first kappa shape index (κ1) is 33.2. The summed E-state index contributed by atoms with van der Waals surface area (Å²) in [6.07, 6.45) is 7.83. The maximum absolute atomic E-state index is 11.3. The normalized spacial score (nSPS) is 14.5. The summed E-state index contributed by atoms with van der Waals surface area (Å²) in [5.41, 5.74) is -0.387. The smallest absolute Gasteiger partial charge is 0.330 e. The van der Waals surface area contributed by atoms with Crippen LogP contribution in [0.1, 0.15) is 59.3 Å². The molecule has 0 aliphatic heterocycles. The van der Waals surface area contributed by atoms with E-state index in [-0.39, 0.29) is 24.1 Å². The van der Waals surface area contributed by atoms with Gasteiger partial charge in [0.25, 0.3) is 0 Å². The van der Waals surface area contributed by atoms with Gasteiger partial charge in [-0.1, -0.05) is 26.2 Å². The van der Waals surface area contributed by atoms with E-state index in [0.717, 1.165) is 25.3 Å². The van der Waals surface area contributed by atoms with Crippen molar-refractivity contribution in [2.45, 2.75) is 71.7 Å². The maximum Gasteiger partial charge on any atom is 0.330 e. The van der Waals surface area contributed by atoms with Crippen LogP contribution in [0.15, 0.2) is 38.0 Å². The SMILES string of the molecule is C=CCCOCOCC(CC)(COC(C)CCCOC(=O)C=C)COC(C)OCCCC(=O)C=C. The molecule has 202 valence electrons. The molecule has 0 bridgehead atoms. The molecule has 0 aromatic rings. The predicted molar refractivity (Wildman–Crippen MR) is 136 cm³/mol. The number of hydrogen-bond acceptors (Lipinski definition) is 8. The lowest BCUT2D eigenvalue weighted by Gasteiger charge is -2.34. The Kier molecular flexibility index (Phi) is 20.3. The summed E-state index contributed by atoms with van der Waals surface area (Å²) in [6.45, 7) is 19.2. The van der Waals surface area contributed by atoms with Crippen molar-refractivity contribution in [3.63, 3.8) is 0 Å². The first-order valence-corrected chi connectivity index (χ1v) is 12.4. The van der Waals surface area contributed by atoms with E-state index in [9.17, 15) is 9.59 Å². The number of ketones is 1. The van der Waals surface area contributed by atoms with Crippen molar-refractivity contribution >= 4 is 11.8 Å². The lowest BCUT2D eigenvalue weighted by molar-refractivity contribution is -0.180. The van der Waals surface area contributed by atoms with Crippen molar-refractivity contribution < 1.29 is 38.0 Å². The zero-order valence-corrected chi connectivity index (χ0v) is 22.0. The van der Waals surface area contributed by atoms with Crippen molar-refractivity contribution in [2.24, 2.45) is 5.41 Å². The molecule has 0 rings (SSSR count). The predicted octanol–water partition coefficient (Wildman–Crippen LogP) is 4.78. The number of hydrogen-bond donors (Lipinski definition) is 0. The number of carbonyl (C=O) groups excluding carboxylic acids is 2. The number of esters is 1. The van der Waals surface area contributed by atoms with Gasteiger partial charge in [-0.15, -0.1) is 6.58 Å². The van der Waals surface area contributed by atoms with Crippen LogP contribution in [0.5, 0.6) is 0 Å². The second-order valence-electron chi connectivity index (χ2n) is 8.46. The van der Waals surface area contributed by atoms with Gasteiger partial charge in [0, 0.05) is 17.9 Å². The standard InChI is InChI=1S/C27H46O8/c1-7-11-16-30-22-31-19-27(10-4,20-34-23(5)14-12-18-33-26(29)9-3)21-35-24(6)32-17-13-15-25(28)8-2/h7-9,23-24H,1-3,10-22H2,4-6H3. The summed E-state index contributed by atoms with van der Waals surface area (Å²) in [5.74, 6) is -0.415. The highest BCUT2D eigenvalue weighted by Gasteiger charge is 2.31. The third-order valence-corrected chi connectivity index (χ3v) is 5.40. The van der Waals surface area contributed by atoms with Gasteiger partial charge in [-0.05, 0) is 52.0 Å². The van der Waals surface area contributed by atoms with Crippen LogP contribution in [0.2, 0.25) is 0 Å². The Labute approximate surface area is 211 Å². The van der Waals surface area contributed by atoms with Crippen molar-refractivity contribution in [3.8, 4) is 0 Å². The van der Waals surface area contributed by atoms with Crippen LogP contribution in [0.4, 0.5) is 0 Å². The Bertz CT molecular complexity index is 566. The molecule has 8 heteroatoms. The van der Waals surface area contributed by atoms with E-state index in [4.69, 9.17) is 28.4 Å². The van der Waals surface area contributed by atoms with Crippen LogP contribution in [-0.2, 0) is 38.0 Å². The quantitative estimate of drug-likeness (QED) is 0.0584. The fourth-order valence-electron chi connectivity index (χ4n) is 2.92. The third kappa shape index (κ3) is 18.1.